The molecular formula is C16H11Cl2NO2S2. The van der Waals surface area contributed by atoms with Gasteiger partial charge in [-0.15, -0.1) is 11.3 Å². The summed E-state index contributed by atoms with van der Waals surface area (Å²) in [5.74, 6) is 0. The SMILES string of the molecule is O=S(=O)(c1ccccc1)N(Cl)c1ccsc1-c1ccccc1Cl. The topological polar surface area (TPSA) is 37.4 Å². The molecule has 2 aromatic carbocycles. The van der Waals surface area contributed by atoms with Crippen molar-refractivity contribution in [3.63, 3.8) is 0 Å². The fourth-order valence-electron chi connectivity index (χ4n) is 2.10. The third-order valence-corrected chi connectivity index (χ3v) is 6.68. The molecular weight excluding hydrogens is 373 g/mol. The molecule has 3 aromatic rings. The van der Waals surface area contributed by atoms with Crippen molar-refractivity contribution in [1.82, 2.24) is 0 Å². The normalized spacial score (nSPS) is 11.4. The quantitative estimate of drug-likeness (QED) is 0.564. The first-order valence-corrected chi connectivity index (χ1v) is 9.64. The Bertz CT molecular complexity index is 924. The second kappa shape index (κ2) is 6.53. The highest BCUT2D eigenvalue weighted by Crippen LogP contribution is 2.42. The summed E-state index contributed by atoms with van der Waals surface area (Å²) in [6, 6.07) is 17.0. The maximum absolute atomic E-state index is 12.7. The second-order valence-electron chi connectivity index (χ2n) is 4.65. The summed E-state index contributed by atoms with van der Waals surface area (Å²) in [5, 5.41) is 2.32. The van der Waals surface area contributed by atoms with Gasteiger partial charge < -0.3 is 0 Å². The molecule has 0 bridgehead atoms. The molecule has 1 aromatic heterocycles. The molecule has 0 aliphatic rings. The molecule has 0 N–H and O–H groups in total. The standard InChI is InChI=1S/C16H11Cl2NO2S2/c17-14-9-5-4-8-13(14)16-15(10-11-22-16)19(18)23(20,21)12-6-2-1-3-7-12/h1-11H. The van der Waals surface area contributed by atoms with Crippen LogP contribution in [0.5, 0.6) is 0 Å². The molecule has 0 amide bonds. The maximum atomic E-state index is 12.7. The Labute approximate surface area is 148 Å². The van der Waals surface area contributed by atoms with E-state index in [9.17, 15) is 8.42 Å². The molecule has 1 heterocycles. The van der Waals surface area contributed by atoms with Crippen molar-refractivity contribution < 1.29 is 8.42 Å². The van der Waals surface area contributed by atoms with Gasteiger partial charge in [0.1, 0.15) is 0 Å². The molecule has 7 heteroatoms. The maximum Gasteiger partial charge on any atom is 0.278 e. The predicted octanol–water partition coefficient (Wildman–Crippen LogP) is 5.42. The van der Waals surface area contributed by atoms with Crippen molar-refractivity contribution in [3.05, 3.63) is 71.1 Å². The summed E-state index contributed by atoms with van der Waals surface area (Å²) < 4.78 is 26.1. The Morgan fingerprint density at radius 2 is 1.57 bits per heavy atom. The van der Waals surface area contributed by atoms with Crippen LogP contribution in [0.15, 0.2) is 70.9 Å². The van der Waals surface area contributed by atoms with Crippen LogP contribution in [0.25, 0.3) is 10.4 Å². The van der Waals surface area contributed by atoms with Gasteiger partial charge in [0.05, 0.1) is 15.5 Å². The first-order valence-electron chi connectivity index (χ1n) is 6.60. The average Bonchev–Trinajstić information content (AvgIpc) is 3.04. The third-order valence-electron chi connectivity index (χ3n) is 3.20. The lowest BCUT2D eigenvalue weighted by molar-refractivity contribution is 0.598. The highest BCUT2D eigenvalue weighted by atomic mass is 35.5. The molecule has 0 aliphatic carbocycles. The smallest absolute Gasteiger partial charge is 0.200 e. The summed E-state index contributed by atoms with van der Waals surface area (Å²) in [6.07, 6.45) is 0. The summed E-state index contributed by atoms with van der Waals surface area (Å²) in [4.78, 5) is 0.830. The molecule has 23 heavy (non-hydrogen) atoms. The zero-order valence-corrected chi connectivity index (χ0v) is 14.8. The van der Waals surface area contributed by atoms with E-state index in [0.717, 1.165) is 9.39 Å². The van der Waals surface area contributed by atoms with Gasteiger partial charge in [-0.1, -0.05) is 48.0 Å². The minimum Gasteiger partial charge on any atom is -0.200 e. The van der Waals surface area contributed by atoms with Gasteiger partial charge in [0.2, 0.25) is 0 Å². The molecule has 118 valence electrons. The van der Waals surface area contributed by atoms with Crippen LogP contribution in [-0.2, 0) is 10.0 Å². The van der Waals surface area contributed by atoms with E-state index < -0.39 is 10.0 Å². The van der Waals surface area contributed by atoms with Crippen molar-refractivity contribution in [2.75, 3.05) is 3.82 Å². The van der Waals surface area contributed by atoms with E-state index >= 15 is 0 Å². The molecule has 3 nitrogen and oxygen atoms in total. The van der Waals surface area contributed by atoms with E-state index in [2.05, 4.69) is 0 Å². The Kier molecular flexibility index (Phi) is 4.64. The van der Waals surface area contributed by atoms with E-state index in [-0.39, 0.29) is 4.90 Å². The first kappa shape index (κ1) is 16.3. The number of rotatable bonds is 4. The zero-order chi connectivity index (χ0) is 16.4. The van der Waals surface area contributed by atoms with E-state index in [1.807, 2.05) is 18.2 Å². The molecule has 3 rings (SSSR count). The zero-order valence-electron chi connectivity index (χ0n) is 11.7. The van der Waals surface area contributed by atoms with Gasteiger partial charge >= 0.3 is 0 Å². The van der Waals surface area contributed by atoms with Gasteiger partial charge in [-0.3, -0.25) is 0 Å². The molecule has 0 spiro atoms. The van der Waals surface area contributed by atoms with Crippen LogP contribution >= 0.6 is 34.7 Å². The largest absolute Gasteiger partial charge is 0.278 e. The number of halogens is 2. The minimum absolute atomic E-state index is 0.131. The van der Waals surface area contributed by atoms with Gasteiger partial charge in [0.15, 0.2) is 0 Å². The monoisotopic (exact) mass is 383 g/mol. The van der Waals surface area contributed by atoms with Gasteiger partial charge in [-0.05, 0) is 29.6 Å². The lowest BCUT2D eigenvalue weighted by Crippen LogP contribution is -2.21. The molecule has 0 fully saturated rings. The average molecular weight is 384 g/mol. The first-order chi connectivity index (χ1) is 11.0. The minimum atomic E-state index is -3.84. The van der Waals surface area contributed by atoms with Crippen molar-refractivity contribution in [2.45, 2.75) is 4.90 Å². The van der Waals surface area contributed by atoms with E-state index in [0.29, 0.717) is 15.6 Å². The van der Waals surface area contributed by atoms with Gasteiger partial charge in [0, 0.05) is 22.4 Å². The van der Waals surface area contributed by atoms with Crippen LogP contribution in [-0.4, -0.2) is 8.42 Å². The van der Waals surface area contributed by atoms with Gasteiger partial charge in [-0.25, -0.2) is 0 Å². The van der Waals surface area contributed by atoms with Crippen LogP contribution in [0.4, 0.5) is 5.69 Å². The molecule has 0 saturated carbocycles. The van der Waals surface area contributed by atoms with E-state index in [1.54, 1.807) is 35.7 Å². The molecule has 0 atom stereocenters. The van der Waals surface area contributed by atoms with Crippen LogP contribution < -0.4 is 3.82 Å². The third kappa shape index (κ3) is 3.10. The van der Waals surface area contributed by atoms with Gasteiger partial charge in [-0.2, -0.15) is 12.2 Å². The van der Waals surface area contributed by atoms with Crippen molar-refractivity contribution in [3.8, 4) is 10.4 Å². The van der Waals surface area contributed by atoms with E-state index in [4.69, 9.17) is 23.4 Å². The second-order valence-corrected chi connectivity index (χ2v) is 8.30. The van der Waals surface area contributed by atoms with Crippen LogP contribution in [0, 0.1) is 0 Å². The van der Waals surface area contributed by atoms with Crippen molar-refractivity contribution in [1.29, 1.82) is 0 Å². The van der Waals surface area contributed by atoms with Crippen LogP contribution in [0.1, 0.15) is 0 Å². The molecule has 0 aliphatic heterocycles. The Morgan fingerprint density at radius 1 is 0.913 bits per heavy atom. The number of hydrogen-bond donors (Lipinski definition) is 0. The van der Waals surface area contributed by atoms with Crippen molar-refractivity contribution in [2.24, 2.45) is 0 Å². The number of hydrogen-bond acceptors (Lipinski definition) is 3. The predicted molar refractivity (Wildman–Crippen MR) is 96.7 cm³/mol. The van der Waals surface area contributed by atoms with E-state index in [1.165, 1.54) is 23.5 Å². The molecule has 0 unspecified atom stereocenters. The fourth-order valence-corrected chi connectivity index (χ4v) is 4.89. The molecule has 0 saturated heterocycles. The number of anilines is 1. The number of thiophene rings is 1. The molecule has 0 radical (unpaired) electrons. The number of sulfonamides is 1. The lowest BCUT2D eigenvalue weighted by atomic mass is 10.2. The Morgan fingerprint density at radius 3 is 2.26 bits per heavy atom. The van der Waals surface area contributed by atoms with Crippen LogP contribution in [0.3, 0.4) is 0 Å². The summed E-state index contributed by atoms with van der Waals surface area (Å²) in [7, 11) is -3.84. The highest BCUT2D eigenvalue weighted by molar-refractivity contribution is 7.94. The number of nitrogens with zero attached hydrogens (tertiary/aromatic N) is 1. The Hall–Kier alpha value is -1.53. The van der Waals surface area contributed by atoms with Gasteiger partial charge in [0.25, 0.3) is 10.0 Å². The summed E-state index contributed by atoms with van der Waals surface area (Å²) in [6.45, 7) is 0. The van der Waals surface area contributed by atoms with Crippen LogP contribution in [0.2, 0.25) is 5.02 Å². The Balaban J connectivity index is 2.08. The number of benzene rings is 2. The summed E-state index contributed by atoms with van der Waals surface area (Å²) in [5.41, 5.74) is 1.13. The fraction of sp³-hybridized carbons (Fsp3) is 0. The summed E-state index contributed by atoms with van der Waals surface area (Å²) >= 11 is 13.8. The highest BCUT2D eigenvalue weighted by Gasteiger charge is 2.26. The van der Waals surface area contributed by atoms with Crippen molar-refractivity contribution >= 4 is 50.4 Å². The lowest BCUT2D eigenvalue weighted by Gasteiger charge is -2.17.